The number of rotatable bonds is 12. The molecule has 0 spiro atoms. The van der Waals surface area contributed by atoms with Gasteiger partial charge in [0.1, 0.15) is 16.8 Å². The van der Waals surface area contributed by atoms with Crippen molar-refractivity contribution in [3.05, 3.63) is 0 Å². The third-order valence-corrected chi connectivity index (χ3v) is 4.00. The van der Waals surface area contributed by atoms with Gasteiger partial charge in [0.2, 0.25) is 0 Å². The zero-order valence-electron chi connectivity index (χ0n) is 17.5. The predicted octanol–water partition coefficient (Wildman–Crippen LogP) is 3.37. The van der Waals surface area contributed by atoms with Crippen molar-refractivity contribution in [1.82, 2.24) is 0 Å². The third-order valence-electron chi connectivity index (χ3n) is 4.00. The minimum Gasteiger partial charge on any atom is -0.466 e. The standard InChI is InChI=1S/C20H34O7/c1-7-25-16(22)12-10-9-11-13-20(15(3)21,14-17(23)26-8-2)18(24)27-19(4,5)6/h7-14H2,1-6H3. The number of ether oxygens (including phenoxy) is 3. The van der Waals surface area contributed by atoms with E-state index in [2.05, 4.69) is 0 Å². The van der Waals surface area contributed by atoms with Crippen molar-refractivity contribution in [3.8, 4) is 0 Å². The van der Waals surface area contributed by atoms with E-state index >= 15 is 0 Å². The van der Waals surface area contributed by atoms with Gasteiger partial charge in [-0.2, -0.15) is 0 Å². The van der Waals surface area contributed by atoms with Gasteiger partial charge in [0, 0.05) is 6.42 Å². The maximum Gasteiger partial charge on any atom is 0.320 e. The molecule has 0 aliphatic rings. The Bertz CT molecular complexity index is 519. The lowest BCUT2D eigenvalue weighted by Gasteiger charge is -2.32. The number of carbonyl (C=O) groups is 4. The Morgan fingerprint density at radius 1 is 0.815 bits per heavy atom. The van der Waals surface area contributed by atoms with Crippen LogP contribution in [0.4, 0.5) is 0 Å². The molecule has 7 heteroatoms. The first-order valence-corrected chi connectivity index (χ1v) is 9.54. The van der Waals surface area contributed by atoms with Crippen LogP contribution in [0.3, 0.4) is 0 Å². The molecule has 7 nitrogen and oxygen atoms in total. The van der Waals surface area contributed by atoms with Crippen LogP contribution in [0, 0.1) is 5.41 Å². The maximum atomic E-state index is 12.8. The van der Waals surface area contributed by atoms with Crippen LogP contribution in [0.15, 0.2) is 0 Å². The smallest absolute Gasteiger partial charge is 0.320 e. The van der Waals surface area contributed by atoms with Crippen LogP contribution in [0.5, 0.6) is 0 Å². The summed E-state index contributed by atoms with van der Waals surface area (Å²) >= 11 is 0. The fourth-order valence-electron chi connectivity index (χ4n) is 2.65. The summed E-state index contributed by atoms with van der Waals surface area (Å²) in [7, 11) is 0. The van der Waals surface area contributed by atoms with Crippen LogP contribution >= 0.6 is 0 Å². The van der Waals surface area contributed by atoms with E-state index in [1.54, 1.807) is 34.6 Å². The van der Waals surface area contributed by atoms with Crippen molar-refractivity contribution < 1.29 is 33.4 Å². The fourth-order valence-corrected chi connectivity index (χ4v) is 2.65. The first kappa shape index (κ1) is 25.1. The zero-order chi connectivity index (χ0) is 21.1. The van der Waals surface area contributed by atoms with Crippen molar-refractivity contribution in [2.75, 3.05) is 13.2 Å². The largest absolute Gasteiger partial charge is 0.466 e. The van der Waals surface area contributed by atoms with E-state index in [1.807, 2.05) is 0 Å². The molecule has 0 bridgehead atoms. The highest BCUT2D eigenvalue weighted by molar-refractivity contribution is 6.05. The first-order chi connectivity index (χ1) is 12.5. The van der Waals surface area contributed by atoms with Gasteiger partial charge in [0.15, 0.2) is 0 Å². The monoisotopic (exact) mass is 386 g/mol. The van der Waals surface area contributed by atoms with Crippen molar-refractivity contribution in [2.24, 2.45) is 5.41 Å². The molecule has 0 aliphatic carbocycles. The van der Waals surface area contributed by atoms with E-state index in [9.17, 15) is 19.2 Å². The van der Waals surface area contributed by atoms with E-state index in [1.165, 1.54) is 6.92 Å². The lowest BCUT2D eigenvalue weighted by Crippen LogP contribution is -2.44. The molecule has 0 fully saturated rings. The average Bonchev–Trinajstić information content (AvgIpc) is 2.51. The number of esters is 3. The molecule has 0 heterocycles. The highest BCUT2D eigenvalue weighted by atomic mass is 16.6. The number of Topliss-reactive ketones (excluding diaryl/α,β-unsaturated/α-hetero) is 1. The van der Waals surface area contributed by atoms with Crippen LogP contribution < -0.4 is 0 Å². The Hall–Kier alpha value is -1.92. The molecule has 0 radical (unpaired) electrons. The number of hydrogen-bond acceptors (Lipinski definition) is 7. The lowest BCUT2D eigenvalue weighted by molar-refractivity contribution is -0.175. The number of carbonyl (C=O) groups excluding carboxylic acids is 4. The van der Waals surface area contributed by atoms with Gasteiger partial charge < -0.3 is 14.2 Å². The second-order valence-corrected chi connectivity index (χ2v) is 7.49. The van der Waals surface area contributed by atoms with Crippen molar-refractivity contribution in [1.29, 1.82) is 0 Å². The molecule has 27 heavy (non-hydrogen) atoms. The van der Waals surface area contributed by atoms with Crippen LogP contribution in [0.2, 0.25) is 0 Å². The topological polar surface area (TPSA) is 96.0 Å². The molecule has 0 aliphatic heterocycles. The van der Waals surface area contributed by atoms with Gasteiger partial charge in [-0.1, -0.05) is 12.8 Å². The second-order valence-electron chi connectivity index (χ2n) is 7.49. The molecule has 156 valence electrons. The third kappa shape index (κ3) is 9.54. The SMILES string of the molecule is CCOC(=O)CCCCCC(CC(=O)OCC)(C(C)=O)C(=O)OC(C)(C)C. The Morgan fingerprint density at radius 3 is 1.85 bits per heavy atom. The van der Waals surface area contributed by atoms with E-state index in [-0.39, 0.29) is 31.8 Å². The normalized spacial score (nSPS) is 13.4. The molecule has 0 N–H and O–H groups in total. The molecule has 1 unspecified atom stereocenters. The van der Waals surface area contributed by atoms with E-state index in [0.717, 1.165) is 0 Å². The number of unbranched alkanes of at least 4 members (excludes halogenated alkanes) is 2. The lowest BCUT2D eigenvalue weighted by atomic mass is 9.76. The Labute approximate surface area is 162 Å². The Balaban J connectivity index is 5.14. The second kappa shape index (κ2) is 11.7. The van der Waals surface area contributed by atoms with E-state index in [0.29, 0.717) is 25.9 Å². The molecule has 0 rings (SSSR count). The Kier molecular flexibility index (Phi) is 10.9. The average molecular weight is 386 g/mol. The zero-order valence-corrected chi connectivity index (χ0v) is 17.5. The molecule has 0 aromatic carbocycles. The van der Waals surface area contributed by atoms with Crippen LogP contribution in [0.25, 0.3) is 0 Å². The maximum absolute atomic E-state index is 12.8. The summed E-state index contributed by atoms with van der Waals surface area (Å²) < 4.78 is 15.3. The van der Waals surface area contributed by atoms with Gasteiger partial charge >= 0.3 is 17.9 Å². The summed E-state index contributed by atoms with van der Waals surface area (Å²) in [6, 6.07) is 0. The predicted molar refractivity (Wildman–Crippen MR) is 99.9 cm³/mol. The summed E-state index contributed by atoms with van der Waals surface area (Å²) in [5.74, 6) is -2.00. The van der Waals surface area contributed by atoms with Gasteiger partial charge in [-0.05, 0) is 54.4 Å². The number of hydrogen-bond donors (Lipinski definition) is 0. The molecular weight excluding hydrogens is 352 g/mol. The van der Waals surface area contributed by atoms with Crippen molar-refractivity contribution >= 4 is 23.7 Å². The summed E-state index contributed by atoms with van der Waals surface area (Å²) in [6.45, 7) is 10.3. The Morgan fingerprint density at radius 2 is 1.37 bits per heavy atom. The quantitative estimate of drug-likeness (QED) is 0.219. The van der Waals surface area contributed by atoms with Gasteiger partial charge in [-0.25, -0.2) is 0 Å². The van der Waals surface area contributed by atoms with Crippen LogP contribution in [-0.4, -0.2) is 42.5 Å². The van der Waals surface area contributed by atoms with Crippen LogP contribution in [0.1, 0.15) is 80.1 Å². The highest BCUT2D eigenvalue weighted by Gasteiger charge is 2.47. The highest BCUT2D eigenvalue weighted by Crippen LogP contribution is 2.34. The molecule has 0 aromatic rings. The van der Waals surface area contributed by atoms with Gasteiger partial charge in [-0.15, -0.1) is 0 Å². The molecule has 0 amide bonds. The number of ketones is 1. The van der Waals surface area contributed by atoms with Crippen LogP contribution in [-0.2, 0) is 33.4 Å². The van der Waals surface area contributed by atoms with Crippen molar-refractivity contribution in [2.45, 2.75) is 85.7 Å². The molecule has 0 aromatic heterocycles. The van der Waals surface area contributed by atoms with E-state index < -0.39 is 28.7 Å². The van der Waals surface area contributed by atoms with E-state index in [4.69, 9.17) is 14.2 Å². The summed E-state index contributed by atoms with van der Waals surface area (Å²) in [4.78, 5) is 48.6. The summed E-state index contributed by atoms with van der Waals surface area (Å²) in [5, 5.41) is 0. The minimum absolute atomic E-state index is 0.166. The van der Waals surface area contributed by atoms with Crippen molar-refractivity contribution in [3.63, 3.8) is 0 Å². The fraction of sp³-hybridized carbons (Fsp3) is 0.800. The first-order valence-electron chi connectivity index (χ1n) is 9.54. The molecule has 0 saturated heterocycles. The molecular formula is C20H34O7. The van der Waals surface area contributed by atoms with Gasteiger partial charge in [-0.3, -0.25) is 19.2 Å². The van der Waals surface area contributed by atoms with Gasteiger partial charge in [0.05, 0.1) is 19.6 Å². The van der Waals surface area contributed by atoms with Gasteiger partial charge in [0.25, 0.3) is 0 Å². The summed E-state index contributed by atoms with van der Waals surface area (Å²) in [5.41, 5.74) is -2.35. The minimum atomic E-state index is -1.57. The molecule has 0 saturated carbocycles. The molecule has 1 atom stereocenters. The summed E-state index contributed by atoms with van der Waals surface area (Å²) in [6.07, 6.45) is 1.81.